The van der Waals surface area contributed by atoms with Crippen LogP contribution in [0.2, 0.25) is 0 Å². The van der Waals surface area contributed by atoms with Gasteiger partial charge in [-0.25, -0.2) is 9.82 Å². The predicted molar refractivity (Wildman–Crippen MR) is 108 cm³/mol. The number of morpholine rings is 1. The molecule has 0 aromatic heterocycles. The van der Waals surface area contributed by atoms with Crippen LogP contribution in [0, 0.1) is 5.82 Å². The molecule has 1 N–H and O–H groups in total. The van der Waals surface area contributed by atoms with Crippen molar-refractivity contribution in [3.05, 3.63) is 63.9 Å². The second kappa shape index (κ2) is 10.1. The Morgan fingerprint density at radius 3 is 2.62 bits per heavy atom. The summed E-state index contributed by atoms with van der Waals surface area (Å²) in [7, 11) is 0. The van der Waals surface area contributed by atoms with Crippen molar-refractivity contribution in [2.75, 3.05) is 32.9 Å². The van der Waals surface area contributed by atoms with E-state index in [4.69, 9.17) is 9.47 Å². The summed E-state index contributed by atoms with van der Waals surface area (Å²) in [4.78, 5) is 25.8. The van der Waals surface area contributed by atoms with Crippen LogP contribution in [0.4, 0.5) is 4.39 Å². The second-order valence-corrected chi connectivity index (χ2v) is 7.03. The summed E-state index contributed by atoms with van der Waals surface area (Å²) >= 11 is 3.40. The molecule has 0 atom stereocenters. The highest BCUT2D eigenvalue weighted by atomic mass is 79.9. The van der Waals surface area contributed by atoms with Crippen molar-refractivity contribution in [1.29, 1.82) is 0 Å². The van der Waals surface area contributed by atoms with Crippen molar-refractivity contribution in [2.24, 2.45) is 5.10 Å². The van der Waals surface area contributed by atoms with Gasteiger partial charge in [-0.05, 0) is 64.0 Å². The first-order valence-electron chi connectivity index (χ1n) is 8.90. The number of hydrogen-bond acceptors (Lipinski definition) is 5. The lowest BCUT2D eigenvalue weighted by Gasteiger charge is -2.26. The zero-order valence-electron chi connectivity index (χ0n) is 15.4. The number of carbonyl (C=O) groups is 2. The Hall–Kier alpha value is -2.78. The lowest BCUT2D eigenvalue weighted by molar-refractivity contribution is -0.137. The van der Waals surface area contributed by atoms with Gasteiger partial charge < -0.3 is 14.4 Å². The zero-order chi connectivity index (χ0) is 20.6. The molecule has 0 bridgehead atoms. The average molecular weight is 464 g/mol. The number of carbonyl (C=O) groups excluding carboxylic acids is 2. The minimum atomic E-state index is -0.443. The Morgan fingerprint density at radius 1 is 1.21 bits per heavy atom. The molecule has 7 nitrogen and oxygen atoms in total. The largest absolute Gasteiger partial charge is 0.483 e. The zero-order valence-corrected chi connectivity index (χ0v) is 17.0. The number of nitrogens with zero attached hydrogens (tertiary/aromatic N) is 2. The van der Waals surface area contributed by atoms with Gasteiger partial charge >= 0.3 is 0 Å². The van der Waals surface area contributed by atoms with Gasteiger partial charge in [-0.3, -0.25) is 9.59 Å². The number of amides is 2. The number of ether oxygens (including phenoxy) is 2. The summed E-state index contributed by atoms with van der Waals surface area (Å²) in [6.07, 6.45) is 1.47. The molecule has 0 unspecified atom stereocenters. The predicted octanol–water partition coefficient (Wildman–Crippen LogP) is 2.59. The first-order valence-corrected chi connectivity index (χ1v) is 9.69. The van der Waals surface area contributed by atoms with E-state index in [1.165, 1.54) is 30.5 Å². The summed E-state index contributed by atoms with van der Waals surface area (Å²) < 4.78 is 24.4. The summed E-state index contributed by atoms with van der Waals surface area (Å²) in [5.74, 6) is -0.417. The molecule has 2 aromatic rings. The number of hydrogen-bond donors (Lipinski definition) is 1. The monoisotopic (exact) mass is 463 g/mol. The molecule has 29 heavy (non-hydrogen) atoms. The van der Waals surface area contributed by atoms with Crippen LogP contribution < -0.4 is 10.2 Å². The van der Waals surface area contributed by atoms with E-state index in [1.807, 2.05) is 0 Å². The quantitative estimate of drug-likeness (QED) is 0.527. The van der Waals surface area contributed by atoms with Crippen LogP contribution in [0.25, 0.3) is 0 Å². The van der Waals surface area contributed by atoms with Crippen molar-refractivity contribution in [1.82, 2.24) is 10.3 Å². The minimum absolute atomic E-state index is 0.0558. The van der Waals surface area contributed by atoms with Crippen LogP contribution in [-0.2, 0) is 9.53 Å². The molecule has 152 valence electrons. The van der Waals surface area contributed by atoms with E-state index in [0.29, 0.717) is 47.7 Å². The Morgan fingerprint density at radius 2 is 1.93 bits per heavy atom. The molecule has 1 heterocycles. The lowest BCUT2D eigenvalue weighted by atomic mass is 10.2. The van der Waals surface area contributed by atoms with Gasteiger partial charge in [0.2, 0.25) is 0 Å². The van der Waals surface area contributed by atoms with E-state index >= 15 is 0 Å². The molecule has 1 saturated heterocycles. The fourth-order valence-corrected chi connectivity index (χ4v) is 3.10. The Balaban J connectivity index is 1.52. The van der Waals surface area contributed by atoms with Gasteiger partial charge in [0, 0.05) is 18.7 Å². The second-order valence-electron chi connectivity index (χ2n) is 6.18. The van der Waals surface area contributed by atoms with E-state index < -0.39 is 11.7 Å². The van der Waals surface area contributed by atoms with Gasteiger partial charge in [0.05, 0.1) is 23.9 Å². The third-order valence-corrected chi connectivity index (χ3v) is 4.78. The highest BCUT2D eigenvalue weighted by Crippen LogP contribution is 2.25. The van der Waals surface area contributed by atoms with Crippen LogP contribution in [0.15, 0.2) is 52.0 Å². The Kier molecular flexibility index (Phi) is 7.31. The molecule has 2 aromatic carbocycles. The molecule has 9 heteroatoms. The molecule has 1 aliphatic heterocycles. The van der Waals surface area contributed by atoms with Crippen molar-refractivity contribution in [3.63, 3.8) is 0 Å². The van der Waals surface area contributed by atoms with Crippen molar-refractivity contribution in [2.45, 2.75) is 0 Å². The van der Waals surface area contributed by atoms with Crippen molar-refractivity contribution in [3.8, 4) is 5.75 Å². The number of halogens is 2. The topological polar surface area (TPSA) is 80.2 Å². The Labute approximate surface area is 175 Å². The number of rotatable bonds is 6. The minimum Gasteiger partial charge on any atom is -0.483 e. The maximum absolute atomic E-state index is 12.9. The van der Waals surface area contributed by atoms with Gasteiger partial charge in [-0.15, -0.1) is 0 Å². The third kappa shape index (κ3) is 6.10. The first kappa shape index (κ1) is 20.9. The van der Waals surface area contributed by atoms with E-state index in [1.54, 1.807) is 23.1 Å². The van der Waals surface area contributed by atoms with E-state index in [-0.39, 0.29) is 12.5 Å². The standard InChI is InChI=1S/C20H19BrFN3O4/c21-17-11-14(12-23-24-20(27)15-2-4-16(22)5-3-15)1-6-18(17)29-13-19(26)25-7-9-28-10-8-25/h1-6,11-12H,7-10,13H2,(H,24,27). The molecule has 1 fully saturated rings. The first-order chi connectivity index (χ1) is 14.0. The van der Waals surface area contributed by atoms with Gasteiger partial charge in [0.25, 0.3) is 11.8 Å². The van der Waals surface area contributed by atoms with Crippen LogP contribution in [0.3, 0.4) is 0 Å². The number of benzene rings is 2. The van der Waals surface area contributed by atoms with Crippen molar-refractivity contribution < 1.29 is 23.5 Å². The molecule has 1 aliphatic rings. The van der Waals surface area contributed by atoms with Gasteiger partial charge in [0.15, 0.2) is 6.61 Å². The summed E-state index contributed by atoms with van der Waals surface area (Å²) in [5, 5.41) is 3.89. The third-order valence-electron chi connectivity index (χ3n) is 4.16. The van der Waals surface area contributed by atoms with E-state index in [2.05, 4.69) is 26.5 Å². The van der Waals surface area contributed by atoms with Gasteiger partial charge in [-0.1, -0.05) is 0 Å². The van der Waals surface area contributed by atoms with Crippen LogP contribution in [0.5, 0.6) is 5.75 Å². The molecular formula is C20H19BrFN3O4. The molecule has 0 aliphatic carbocycles. The van der Waals surface area contributed by atoms with Crippen LogP contribution in [0.1, 0.15) is 15.9 Å². The number of hydrazone groups is 1. The van der Waals surface area contributed by atoms with Gasteiger partial charge in [0.1, 0.15) is 11.6 Å². The molecule has 0 spiro atoms. The molecule has 0 radical (unpaired) electrons. The highest BCUT2D eigenvalue weighted by molar-refractivity contribution is 9.10. The SMILES string of the molecule is O=C(NN=Cc1ccc(OCC(=O)N2CCOCC2)c(Br)c1)c1ccc(F)cc1. The normalized spacial score (nSPS) is 14.1. The fraction of sp³-hybridized carbons (Fsp3) is 0.250. The van der Waals surface area contributed by atoms with E-state index in [9.17, 15) is 14.0 Å². The highest BCUT2D eigenvalue weighted by Gasteiger charge is 2.17. The Bertz CT molecular complexity index is 899. The fourth-order valence-electron chi connectivity index (χ4n) is 2.59. The molecule has 2 amide bonds. The maximum atomic E-state index is 12.9. The number of nitrogens with one attached hydrogen (secondary N) is 1. The smallest absolute Gasteiger partial charge is 0.271 e. The van der Waals surface area contributed by atoms with Crippen LogP contribution >= 0.6 is 15.9 Å². The summed E-state index contributed by atoms with van der Waals surface area (Å²) in [5.41, 5.74) is 3.39. The molecule has 0 saturated carbocycles. The summed E-state index contributed by atoms with van der Waals surface area (Å²) in [6.45, 7) is 2.17. The lowest BCUT2D eigenvalue weighted by Crippen LogP contribution is -2.43. The van der Waals surface area contributed by atoms with E-state index in [0.717, 1.165) is 0 Å². The maximum Gasteiger partial charge on any atom is 0.271 e. The molecule has 3 rings (SSSR count). The average Bonchev–Trinajstić information content (AvgIpc) is 2.74. The van der Waals surface area contributed by atoms with Crippen molar-refractivity contribution >= 4 is 34.0 Å². The van der Waals surface area contributed by atoms with Gasteiger partial charge in [-0.2, -0.15) is 5.10 Å². The van der Waals surface area contributed by atoms with Crippen LogP contribution in [-0.4, -0.2) is 55.8 Å². The summed E-state index contributed by atoms with van der Waals surface area (Å²) in [6, 6.07) is 10.4. The molecular weight excluding hydrogens is 445 g/mol.